The van der Waals surface area contributed by atoms with Crippen LogP contribution in [0.5, 0.6) is 0 Å². The van der Waals surface area contributed by atoms with Gasteiger partial charge in [-0.05, 0) is 31.2 Å². The summed E-state index contributed by atoms with van der Waals surface area (Å²) in [4.78, 5) is 13.8. The van der Waals surface area contributed by atoms with Crippen LogP contribution in [0.2, 0.25) is 5.15 Å². The molecule has 19 heavy (non-hydrogen) atoms. The highest BCUT2D eigenvalue weighted by Crippen LogP contribution is 2.31. The number of rotatable bonds is 2. The standard InChI is InChI=1S/C14H18ClN3S/c1-3-10-7-11-12(15)16-14(17-13(11)19-10)18-6-4-5-9(2)8-18/h7,9H,3-6,8H2,1-2H3. The molecule has 1 atom stereocenters. The number of aromatic nitrogens is 2. The van der Waals surface area contributed by atoms with E-state index < -0.39 is 0 Å². The summed E-state index contributed by atoms with van der Waals surface area (Å²) in [5.41, 5.74) is 0. The van der Waals surface area contributed by atoms with Crippen molar-refractivity contribution in [1.82, 2.24) is 9.97 Å². The topological polar surface area (TPSA) is 29.0 Å². The molecule has 3 heterocycles. The largest absolute Gasteiger partial charge is 0.340 e. The summed E-state index contributed by atoms with van der Waals surface area (Å²) in [5, 5.41) is 1.59. The van der Waals surface area contributed by atoms with Crippen LogP contribution in [0, 0.1) is 5.92 Å². The van der Waals surface area contributed by atoms with Crippen LogP contribution >= 0.6 is 22.9 Å². The maximum atomic E-state index is 6.32. The van der Waals surface area contributed by atoms with Gasteiger partial charge in [-0.2, -0.15) is 0 Å². The van der Waals surface area contributed by atoms with Crippen LogP contribution in [0.15, 0.2) is 6.07 Å². The van der Waals surface area contributed by atoms with Crippen LogP contribution in [0.1, 0.15) is 31.6 Å². The average Bonchev–Trinajstić information content (AvgIpc) is 2.82. The predicted molar refractivity (Wildman–Crippen MR) is 82.4 cm³/mol. The smallest absolute Gasteiger partial charge is 0.228 e. The number of hydrogen-bond donors (Lipinski definition) is 0. The van der Waals surface area contributed by atoms with E-state index in [1.54, 1.807) is 11.3 Å². The maximum absolute atomic E-state index is 6.32. The van der Waals surface area contributed by atoms with Gasteiger partial charge in [-0.15, -0.1) is 11.3 Å². The lowest BCUT2D eigenvalue weighted by Crippen LogP contribution is -2.35. The lowest BCUT2D eigenvalue weighted by molar-refractivity contribution is 0.442. The van der Waals surface area contributed by atoms with E-state index in [9.17, 15) is 0 Å². The zero-order valence-corrected chi connectivity index (χ0v) is 12.9. The molecule has 0 spiro atoms. The van der Waals surface area contributed by atoms with Gasteiger partial charge in [0.2, 0.25) is 5.95 Å². The van der Waals surface area contributed by atoms with Gasteiger partial charge in [0.05, 0.1) is 0 Å². The Bertz CT molecular complexity index is 596. The lowest BCUT2D eigenvalue weighted by Gasteiger charge is -2.30. The number of fused-ring (bicyclic) bond motifs is 1. The molecule has 3 rings (SSSR count). The summed E-state index contributed by atoms with van der Waals surface area (Å²) < 4.78 is 0. The molecule has 0 N–H and O–H groups in total. The molecule has 1 saturated heterocycles. The number of nitrogens with zero attached hydrogens (tertiary/aromatic N) is 3. The summed E-state index contributed by atoms with van der Waals surface area (Å²) >= 11 is 8.05. The Morgan fingerprint density at radius 2 is 2.32 bits per heavy atom. The predicted octanol–water partition coefficient (Wildman–Crippen LogP) is 4.14. The maximum Gasteiger partial charge on any atom is 0.228 e. The number of halogens is 1. The molecule has 0 bridgehead atoms. The van der Waals surface area contributed by atoms with Gasteiger partial charge >= 0.3 is 0 Å². The lowest BCUT2D eigenvalue weighted by atomic mass is 10.0. The number of anilines is 1. The van der Waals surface area contributed by atoms with Crippen molar-refractivity contribution in [3.63, 3.8) is 0 Å². The van der Waals surface area contributed by atoms with Crippen molar-refractivity contribution < 1.29 is 0 Å². The van der Waals surface area contributed by atoms with Crippen LogP contribution in [-0.2, 0) is 6.42 Å². The highest BCUT2D eigenvalue weighted by Gasteiger charge is 2.20. The van der Waals surface area contributed by atoms with E-state index in [-0.39, 0.29) is 0 Å². The summed E-state index contributed by atoms with van der Waals surface area (Å²) in [6.45, 7) is 6.51. The zero-order chi connectivity index (χ0) is 13.4. The molecule has 5 heteroatoms. The normalized spacial score (nSPS) is 20.2. The molecule has 0 saturated carbocycles. The molecular weight excluding hydrogens is 278 g/mol. The van der Waals surface area contributed by atoms with Crippen molar-refractivity contribution >= 4 is 39.1 Å². The van der Waals surface area contributed by atoms with E-state index in [0.29, 0.717) is 11.1 Å². The quantitative estimate of drug-likeness (QED) is 0.780. The van der Waals surface area contributed by atoms with Crippen molar-refractivity contribution in [1.29, 1.82) is 0 Å². The first-order valence-corrected chi connectivity index (χ1v) is 8.07. The number of thiophene rings is 1. The molecule has 1 fully saturated rings. The van der Waals surface area contributed by atoms with Crippen LogP contribution in [0.3, 0.4) is 0 Å². The molecule has 3 nitrogen and oxygen atoms in total. The number of hydrogen-bond acceptors (Lipinski definition) is 4. The second kappa shape index (κ2) is 5.25. The fraction of sp³-hybridized carbons (Fsp3) is 0.571. The van der Waals surface area contributed by atoms with Gasteiger partial charge in [-0.25, -0.2) is 9.97 Å². The second-order valence-electron chi connectivity index (χ2n) is 5.29. The van der Waals surface area contributed by atoms with Crippen molar-refractivity contribution in [2.75, 3.05) is 18.0 Å². The molecule has 0 amide bonds. The van der Waals surface area contributed by atoms with Crippen LogP contribution in [0.4, 0.5) is 5.95 Å². The van der Waals surface area contributed by atoms with E-state index in [0.717, 1.165) is 35.7 Å². The van der Waals surface area contributed by atoms with E-state index in [4.69, 9.17) is 16.6 Å². The van der Waals surface area contributed by atoms with Crippen LogP contribution in [0.25, 0.3) is 10.2 Å². The molecule has 2 aromatic heterocycles. The van der Waals surface area contributed by atoms with Gasteiger partial charge in [0.1, 0.15) is 9.98 Å². The third kappa shape index (κ3) is 2.56. The Kier molecular flexibility index (Phi) is 3.63. The molecule has 1 aliphatic heterocycles. The highest BCUT2D eigenvalue weighted by atomic mass is 35.5. The third-order valence-electron chi connectivity index (χ3n) is 3.67. The number of piperidine rings is 1. The van der Waals surface area contributed by atoms with Crippen molar-refractivity contribution in [2.24, 2.45) is 5.92 Å². The minimum atomic E-state index is 0.592. The Hall–Kier alpha value is -0.870. The van der Waals surface area contributed by atoms with E-state index in [2.05, 4.69) is 29.8 Å². The van der Waals surface area contributed by atoms with Gasteiger partial charge in [0.15, 0.2) is 0 Å². The zero-order valence-electron chi connectivity index (χ0n) is 11.3. The summed E-state index contributed by atoms with van der Waals surface area (Å²) in [6.07, 6.45) is 3.53. The molecule has 1 aliphatic rings. The van der Waals surface area contributed by atoms with Gasteiger partial charge < -0.3 is 4.90 Å². The van der Waals surface area contributed by atoms with Crippen molar-refractivity contribution in [3.8, 4) is 0 Å². The minimum absolute atomic E-state index is 0.592. The van der Waals surface area contributed by atoms with Gasteiger partial charge in [0, 0.05) is 23.4 Å². The monoisotopic (exact) mass is 295 g/mol. The van der Waals surface area contributed by atoms with E-state index >= 15 is 0 Å². The fourth-order valence-corrected chi connectivity index (χ4v) is 3.85. The fourth-order valence-electron chi connectivity index (χ4n) is 2.61. The van der Waals surface area contributed by atoms with Gasteiger partial charge in [-0.3, -0.25) is 0 Å². The minimum Gasteiger partial charge on any atom is -0.340 e. The number of aryl methyl sites for hydroxylation is 1. The molecule has 0 aromatic carbocycles. The Labute approximate surface area is 122 Å². The third-order valence-corrected chi connectivity index (χ3v) is 5.14. The average molecular weight is 296 g/mol. The Balaban J connectivity index is 1.99. The summed E-state index contributed by atoms with van der Waals surface area (Å²) in [5.74, 6) is 1.51. The van der Waals surface area contributed by atoms with Crippen molar-refractivity contribution in [3.05, 3.63) is 16.1 Å². The molecule has 102 valence electrons. The molecule has 0 aliphatic carbocycles. The molecule has 2 aromatic rings. The molecule has 1 unspecified atom stereocenters. The first-order chi connectivity index (χ1) is 9.17. The highest BCUT2D eigenvalue weighted by molar-refractivity contribution is 7.18. The first-order valence-electron chi connectivity index (χ1n) is 6.88. The Morgan fingerprint density at radius 3 is 3.05 bits per heavy atom. The van der Waals surface area contributed by atoms with E-state index in [1.165, 1.54) is 17.7 Å². The second-order valence-corrected chi connectivity index (χ2v) is 6.77. The summed E-state index contributed by atoms with van der Waals surface area (Å²) in [6, 6.07) is 2.12. The SMILES string of the molecule is CCc1cc2c(Cl)nc(N3CCCC(C)C3)nc2s1. The first kappa shape index (κ1) is 13.1. The van der Waals surface area contributed by atoms with Crippen molar-refractivity contribution in [2.45, 2.75) is 33.1 Å². The van der Waals surface area contributed by atoms with Gasteiger partial charge in [0.25, 0.3) is 0 Å². The van der Waals surface area contributed by atoms with Gasteiger partial charge in [-0.1, -0.05) is 25.4 Å². The molecular formula is C14H18ClN3S. The van der Waals surface area contributed by atoms with E-state index in [1.807, 2.05) is 0 Å². The summed E-state index contributed by atoms with van der Waals surface area (Å²) in [7, 11) is 0. The van der Waals surface area contributed by atoms with Crippen LogP contribution in [-0.4, -0.2) is 23.1 Å². The van der Waals surface area contributed by atoms with Crippen LogP contribution < -0.4 is 4.90 Å². The molecule has 0 radical (unpaired) electrons. The Morgan fingerprint density at radius 1 is 1.47 bits per heavy atom.